The van der Waals surface area contributed by atoms with E-state index in [9.17, 15) is 38.7 Å². The molecule has 5 rings (SSSR count). The number of hydrogen-bond acceptors (Lipinski definition) is 7. The van der Waals surface area contributed by atoms with E-state index in [1.165, 1.54) is 4.90 Å². The van der Waals surface area contributed by atoms with Gasteiger partial charge in [0.05, 0.1) is 0 Å². The first-order chi connectivity index (χ1) is 28.4. The highest BCUT2D eigenvalue weighted by Gasteiger charge is 2.38. The maximum atomic E-state index is 14.4. The average molecular weight is 829 g/mol. The molecule has 1 aliphatic heterocycles. The first-order valence-electron chi connectivity index (χ1n) is 19.5. The predicted octanol–water partition coefficient (Wildman–Crippen LogP) is 3.40. The number of halogens is 1. The van der Waals surface area contributed by atoms with Crippen LogP contribution in [0.15, 0.2) is 85.1 Å². The molecule has 0 unspecified atom stereocenters. The third kappa shape index (κ3) is 12.5. The zero-order chi connectivity index (χ0) is 42.3. The largest absolute Gasteiger partial charge is 0.481 e. The van der Waals surface area contributed by atoms with Gasteiger partial charge in [-0.1, -0.05) is 60.7 Å². The minimum absolute atomic E-state index is 0.00773. The van der Waals surface area contributed by atoms with Crippen molar-refractivity contribution in [3.05, 3.63) is 90.6 Å². The lowest BCUT2D eigenvalue weighted by Crippen LogP contribution is -2.60. The highest BCUT2D eigenvalue weighted by atomic mass is 35.5. The second-order valence-electron chi connectivity index (χ2n) is 14.3. The lowest BCUT2D eigenvalue weighted by molar-refractivity contribution is -0.146. The van der Waals surface area contributed by atoms with E-state index in [4.69, 9.17) is 17.3 Å². The Bertz CT molecular complexity index is 2110. The van der Waals surface area contributed by atoms with Crippen LogP contribution in [0.5, 0.6) is 0 Å². The topological polar surface area (TPSA) is 245 Å². The number of aromatic amines is 1. The van der Waals surface area contributed by atoms with Crippen molar-refractivity contribution in [1.29, 1.82) is 0 Å². The molecule has 0 aliphatic carbocycles. The third-order valence-electron chi connectivity index (χ3n) is 10.1. The van der Waals surface area contributed by atoms with Gasteiger partial charge in [0.25, 0.3) is 0 Å². The number of anilines is 1. The fraction of sp³-hybridized carbons (Fsp3) is 0.357. The second-order valence-corrected chi connectivity index (χ2v) is 14.5. The van der Waals surface area contributed by atoms with Gasteiger partial charge in [0.2, 0.25) is 29.5 Å². The molecule has 0 radical (unpaired) electrons. The lowest BCUT2D eigenvalue weighted by Gasteiger charge is -2.37. The Morgan fingerprint density at radius 1 is 0.814 bits per heavy atom. The number of fused-ring (bicyclic) bond motifs is 1. The Labute approximate surface area is 346 Å². The summed E-state index contributed by atoms with van der Waals surface area (Å²) < 4.78 is 0. The highest BCUT2D eigenvalue weighted by molar-refractivity contribution is 6.27. The summed E-state index contributed by atoms with van der Waals surface area (Å²) in [4.78, 5) is 95.7. The SMILES string of the molecule is NC(=O)NCCC[C@H](NC(=O)[C@H](Cc1c[nH]c2ccccc12)NC(=O)[C@@H]1CCCCN1C(=O)[C@H](CCC(=O)O)NC(=O)CCl)C(=O)Nc1ccc(-c2ccccc2)cc1. The van der Waals surface area contributed by atoms with E-state index >= 15 is 0 Å². The molecule has 1 aliphatic rings. The number of primary amides is 1. The van der Waals surface area contributed by atoms with E-state index in [1.807, 2.05) is 66.7 Å². The van der Waals surface area contributed by atoms with Crippen molar-refractivity contribution in [3.8, 4) is 11.1 Å². The molecule has 0 spiro atoms. The van der Waals surface area contributed by atoms with Gasteiger partial charge >= 0.3 is 12.0 Å². The standard InChI is InChI=1S/C42H49ClN8O8/c43-24-36(52)48-33(19-20-37(53)54)41(58)51-22-7-6-14-35(51)40(57)50-34(23-28-25-46-31-12-5-4-11-30(28)31)39(56)49-32(13-8-21-45-42(44)59)38(55)47-29-17-15-27(16-18-29)26-9-2-1-3-10-26/h1-5,9-12,15-18,25,32-35,46H,6-8,13-14,19-24H2,(H,47,55)(H,48,52)(H,49,56)(H,50,57)(H,53,54)(H3,44,45,59)/t32-,33-,34-,35-/m0/s1. The number of alkyl halides is 1. The Morgan fingerprint density at radius 3 is 2.24 bits per heavy atom. The molecule has 1 saturated heterocycles. The molecular formula is C42H49ClN8O8. The summed E-state index contributed by atoms with van der Waals surface area (Å²) in [6.07, 6.45) is 2.87. The first-order valence-corrected chi connectivity index (χ1v) is 20.0. The van der Waals surface area contributed by atoms with Crippen LogP contribution in [0, 0.1) is 0 Å². The van der Waals surface area contributed by atoms with Gasteiger partial charge in [-0.15, -0.1) is 11.6 Å². The number of benzene rings is 3. The summed E-state index contributed by atoms with van der Waals surface area (Å²) >= 11 is 5.68. The minimum Gasteiger partial charge on any atom is -0.481 e. The normalized spacial score (nSPS) is 15.3. The van der Waals surface area contributed by atoms with Crippen LogP contribution in [-0.2, 0) is 35.2 Å². The molecule has 59 heavy (non-hydrogen) atoms. The van der Waals surface area contributed by atoms with Crippen molar-refractivity contribution in [3.63, 3.8) is 0 Å². The molecule has 16 nitrogen and oxygen atoms in total. The van der Waals surface area contributed by atoms with Crippen molar-refractivity contribution >= 4 is 69.7 Å². The number of carboxylic acid groups (broad SMARTS) is 1. The number of carbonyl (C=O) groups excluding carboxylic acids is 6. The van der Waals surface area contributed by atoms with E-state index in [0.717, 1.165) is 22.0 Å². The Kier molecular flexibility index (Phi) is 15.8. The van der Waals surface area contributed by atoms with Gasteiger partial charge in [-0.25, -0.2) is 4.79 Å². The van der Waals surface area contributed by atoms with Crippen molar-refractivity contribution < 1.29 is 38.7 Å². The van der Waals surface area contributed by atoms with Crippen molar-refractivity contribution in [2.75, 3.05) is 24.3 Å². The van der Waals surface area contributed by atoms with E-state index in [1.54, 1.807) is 18.3 Å². The number of carbonyl (C=O) groups is 7. The Balaban J connectivity index is 1.38. The number of urea groups is 1. The number of amides is 7. The Morgan fingerprint density at radius 2 is 1.53 bits per heavy atom. The average Bonchev–Trinajstić information content (AvgIpc) is 3.65. The van der Waals surface area contributed by atoms with Gasteiger partial charge in [-0.05, 0) is 73.4 Å². The van der Waals surface area contributed by atoms with Crippen LogP contribution in [0.4, 0.5) is 10.5 Å². The monoisotopic (exact) mass is 828 g/mol. The van der Waals surface area contributed by atoms with E-state index in [2.05, 4.69) is 31.6 Å². The van der Waals surface area contributed by atoms with E-state index in [0.29, 0.717) is 24.1 Å². The molecule has 0 bridgehead atoms. The van der Waals surface area contributed by atoms with Gasteiger partial charge < -0.3 is 47.3 Å². The molecule has 3 aromatic carbocycles. The molecule has 9 N–H and O–H groups in total. The number of H-pyrrole nitrogens is 1. The van der Waals surface area contributed by atoms with Crippen molar-refractivity contribution in [2.45, 2.75) is 75.5 Å². The number of para-hydroxylation sites is 1. The van der Waals surface area contributed by atoms with Gasteiger partial charge in [0.15, 0.2) is 0 Å². The fourth-order valence-corrected chi connectivity index (χ4v) is 7.17. The zero-order valence-corrected chi connectivity index (χ0v) is 33.1. The number of nitrogens with zero attached hydrogens (tertiary/aromatic N) is 1. The minimum atomic E-state index is -1.24. The van der Waals surface area contributed by atoms with Crippen LogP contribution in [0.2, 0.25) is 0 Å². The summed E-state index contributed by atoms with van der Waals surface area (Å²) in [6.45, 7) is 0.297. The van der Waals surface area contributed by atoms with Crippen LogP contribution in [-0.4, -0.2) is 99.7 Å². The maximum absolute atomic E-state index is 14.4. The number of likely N-dealkylation sites (tertiary alicyclic amines) is 1. The fourth-order valence-electron chi connectivity index (χ4n) is 7.09. The summed E-state index contributed by atoms with van der Waals surface area (Å²) in [5.74, 6) is -4.77. The van der Waals surface area contributed by atoms with Crippen LogP contribution < -0.4 is 32.3 Å². The number of carboxylic acids is 1. The third-order valence-corrected chi connectivity index (χ3v) is 10.3. The van der Waals surface area contributed by atoms with Crippen molar-refractivity contribution in [2.24, 2.45) is 5.73 Å². The van der Waals surface area contributed by atoms with Crippen LogP contribution in [0.25, 0.3) is 22.0 Å². The smallest absolute Gasteiger partial charge is 0.312 e. The molecule has 1 aromatic heterocycles. The van der Waals surface area contributed by atoms with Gasteiger partial charge in [-0.3, -0.25) is 28.8 Å². The summed E-state index contributed by atoms with van der Waals surface area (Å²) in [5.41, 5.74) is 9.18. The van der Waals surface area contributed by atoms with Gasteiger partial charge in [0, 0.05) is 48.7 Å². The molecule has 312 valence electrons. The van der Waals surface area contributed by atoms with Crippen LogP contribution in [0.1, 0.15) is 50.5 Å². The molecule has 4 aromatic rings. The molecule has 2 heterocycles. The summed E-state index contributed by atoms with van der Waals surface area (Å²) in [5, 5.41) is 23.6. The number of nitrogens with two attached hydrogens (primary N) is 1. The molecular weight excluding hydrogens is 780 g/mol. The molecule has 0 saturated carbocycles. The Hall–Kier alpha value is -6.42. The maximum Gasteiger partial charge on any atom is 0.312 e. The summed E-state index contributed by atoms with van der Waals surface area (Å²) in [7, 11) is 0. The van der Waals surface area contributed by atoms with Crippen LogP contribution in [0.3, 0.4) is 0 Å². The number of nitrogens with one attached hydrogen (secondary N) is 6. The highest BCUT2D eigenvalue weighted by Crippen LogP contribution is 2.24. The van der Waals surface area contributed by atoms with Crippen molar-refractivity contribution in [1.82, 2.24) is 31.2 Å². The van der Waals surface area contributed by atoms with E-state index < -0.39 is 78.0 Å². The molecule has 1 fully saturated rings. The lowest BCUT2D eigenvalue weighted by atomic mass is 9.97. The summed E-state index contributed by atoms with van der Waals surface area (Å²) in [6, 6.07) is 19.0. The first kappa shape index (κ1) is 43.7. The second kappa shape index (κ2) is 21.4. The van der Waals surface area contributed by atoms with Gasteiger partial charge in [-0.2, -0.15) is 0 Å². The number of piperidine rings is 1. The van der Waals surface area contributed by atoms with E-state index in [-0.39, 0.29) is 45.2 Å². The number of hydrogen-bond donors (Lipinski definition) is 8. The van der Waals surface area contributed by atoms with Crippen LogP contribution >= 0.6 is 11.6 Å². The zero-order valence-electron chi connectivity index (χ0n) is 32.4. The molecule has 4 atom stereocenters. The molecule has 17 heteroatoms. The predicted molar refractivity (Wildman–Crippen MR) is 222 cm³/mol. The number of aliphatic carboxylic acids is 1. The quantitative estimate of drug-likeness (QED) is 0.0513. The van der Waals surface area contributed by atoms with Gasteiger partial charge in [0.1, 0.15) is 30.0 Å². The number of rotatable bonds is 19. The molecule has 7 amide bonds. The number of aromatic nitrogens is 1.